The Morgan fingerprint density at radius 2 is 1.94 bits per heavy atom. The summed E-state index contributed by atoms with van der Waals surface area (Å²) in [7, 11) is 1.90. The summed E-state index contributed by atoms with van der Waals surface area (Å²) in [4.78, 5) is 4.72. The maximum Gasteiger partial charge on any atom is 0.196 e. The molecule has 0 saturated carbocycles. The SMILES string of the molecule is Cn1cc(CN=C(NCCCOc2ccccc2)Nc2ccc3c(c2)OCCCO3)cn1.I. The molecule has 2 heterocycles. The number of fused-ring (bicyclic) bond motifs is 1. The highest BCUT2D eigenvalue weighted by Gasteiger charge is 2.11. The lowest BCUT2D eigenvalue weighted by Gasteiger charge is -2.15. The predicted molar refractivity (Wildman–Crippen MR) is 140 cm³/mol. The van der Waals surface area contributed by atoms with Crippen molar-refractivity contribution in [2.24, 2.45) is 12.0 Å². The molecule has 0 spiro atoms. The van der Waals surface area contributed by atoms with E-state index in [2.05, 4.69) is 15.7 Å². The van der Waals surface area contributed by atoms with Gasteiger partial charge in [-0.25, -0.2) is 4.99 Å². The molecule has 1 aliphatic heterocycles. The van der Waals surface area contributed by atoms with E-state index in [1.165, 1.54) is 0 Å². The van der Waals surface area contributed by atoms with E-state index in [0.717, 1.165) is 47.9 Å². The zero-order valence-corrected chi connectivity index (χ0v) is 21.0. The van der Waals surface area contributed by atoms with E-state index in [4.69, 9.17) is 19.2 Å². The van der Waals surface area contributed by atoms with Crippen LogP contribution in [0.2, 0.25) is 0 Å². The summed E-state index contributed by atoms with van der Waals surface area (Å²) in [6.45, 7) is 3.18. The van der Waals surface area contributed by atoms with Gasteiger partial charge in [0.15, 0.2) is 17.5 Å². The van der Waals surface area contributed by atoms with Crippen molar-refractivity contribution in [1.29, 1.82) is 0 Å². The van der Waals surface area contributed by atoms with Crippen LogP contribution in [0.4, 0.5) is 5.69 Å². The molecule has 2 aromatic carbocycles. The van der Waals surface area contributed by atoms with Crippen LogP contribution >= 0.6 is 24.0 Å². The Bertz CT molecular complexity index is 1030. The number of benzene rings is 2. The summed E-state index contributed by atoms with van der Waals surface area (Å²) >= 11 is 0. The summed E-state index contributed by atoms with van der Waals surface area (Å²) in [5.74, 6) is 3.08. The van der Waals surface area contributed by atoms with Gasteiger partial charge < -0.3 is 24.8 Å². The Hall–Kier alpha value is -2.95. The monoisotopic (exact) mass is 563 g/mol. The second-order valence-corrected chi connectivity index (χ2v) is 7.47. The Morgan fingerprint density at radius 3 is 2.73 bits per heavy atom. The van der Waals surface area contributed by atoms with Crippen molar-refractivity contribution in [2.75, 3.05) is 31.7 Å². The molecule has 0 unspecified atom stereocenters. The number of halogens is 1. The number of anilines is 1. The van der Waals surface area contributed by atoms with Gasteiger partial charge in [0.1, 0.15) is 5.75 Å². The number of para-hydroxylation sites is 1. The normalized spacial score (nSPS) is 12.9. The predicted octanol–water partition coefficient (Wildman–Crippen LogP) is 4.23. The maximum atomic E-state index is 5.81. The first-order valence-electron chi connectivity index (χ1n) is 10.9. The molecule has 0 fully saturated rings. The number of nitrogens with zero attached hydrogens (tertiary/aromatic N) is 3. The fraction of sp³-hybridized carbons (Fsp3) is 0.333. The molecule has 3 aromatic rings. The van der Waals surface area contributed by atoms with Crippen molar-refractivity contribution < 1.29 is 14.2 Å². The highest BCUT2D eigenvalue weighted by atomic mass is 127. The van der Waals surface area contributed by atoms with Gasteiger partial charge in [-0.1, -0.05) is 18.2 Å². The third-order valence-electron chi connectivity index (χ3n) is 4.81. The van der Waals surface area contributed by atoms with Crippen LogP contribution in [0.5, 0.6) is 17.2 Å². The molecule has 8 nitrogen and oxygen atoms in total. The van der Waals surface area contributed by atoms with Gasteiger partial charge in [0.05, 0.1) is 32.6 Å². The maximum absolute atomic E-state index is 5.81. The number of hydrogen-bond donors (Lipinski definition) is 2. The lowest BCUT2D eigenvalue weighted by molar-refractivity contribution is 0.297. The number of nitrogens with one attached hydrogen (secondary N) is 2. The van der Waals surface area contributed by atoms with Crippen molar-refractivity contribution in [1.82, 2.24) is 15.1 Å². The molecule has 176 valence electrons. The number of aliphatic imine (C=N–C) groups is 1. The largest absolute Gasteiger partial charge is 0.494 e. The molecule has 9 heteroatoms. The van der Waals surface area contributed by atoms with Crippen molar-refractivity contribution in [3.63, 3.8) is 0 Å². The Balaban J connectivity index is 0.00000306. The molecule has 2 N–H and O–H groups in total. The van der Waals surface area contributed by atoms with Crippen LogP contribution in [0.3, 0.4) is 0 Å². The molecule has 0 amide bonds. The van der Waals surface area contributed by atoms with Crippen molar-refractivity contribution in [3.05, 3.63) is 66.5 Å². The lowest BCUT2D eigenvalue weighted by Crippen LogP contribution is -2.32. The smallest absolute Gasteiger partial charge is 0.196 e. The lowest BCUT2D eigenvalue weighted by atomic mass is 10.2. The van der Waals surface area contributed by atoms with Crippen molar-refractivity contribution in [3.8, 4) is 17.2 Å². The standard InChI is InChI=1S/C24H29N5O3.HI/c1-29-18-19(17-27-29)16-26-24(25-11-5-12-30-21-7-3-2-4-8-21)28-20-9-10-22-23(15-20)32-14-6-13-31-22;/h2-4,7-10,15,17-18H,5-6,11-14,16H2,1H3,(H2,25,26,28);1H. The van der Waals surface area contributed by atoms with E-state index >= 15 is 0 Å². The molecule has 0 bridgehead atoms. The van der Waals surface area contributed by atoms with Gasteiger partial charge in [-0.05, 0) is 30.7 Å². The van der Waals surface area contributed by atoms with E-state index in [-0.39, 0.29) is 24.0 Å². The van der Waals surface area contributed by atoms with E-state index in [9.17, 15) is 0 Å². The number of guanidine groups is 1. The van der Waals surface area contributed by atoms with Crippen molar-refractivity contribution in [2.45, 2.75) is 19.4 Å². The van der Waals surface area contributed by atoms with E-state index < -0.39 is 0 Å². The molecule has 33 heavy (non-hydrogen) atoms. The van der Waals surface area contributed by atoms with Crippen LogP contribution in [0.15, 0.2) is 65.9 Å². The van der Waals surface area contributed by atoms with Crippen LogP contribution in [-0.2, 0) is 13.6 Å². The second-order valence-electron chi connectivity index (χ2n) is 7.47. The summed E-state index contributed by atoms with van der Waals surface area (Å²) in [6.07, 6.45) is 5.50. The third kappa shape index (κ3) is 7.85. The first-order chi connectivity index (χ1) is 15.8. The van der Waals surface area contributed by atoms with Gasteiger partial charge in [0.25, 0.3) is 0 Å². The quantitative estimate of drug-likeness (QED) is 0.185. The highest BCUT2D eigenvalue weighted by Crippen LogP contribution is 2.32. The number of rotatable bonds is 8. The number of hydrogen-bond acceptors (Lipinski definition) is 5. The zero-order chi connectivity index (χ0) is 22.0. The number of aryl methyl sites for hydroxylation is 1. The van der Waals surface area contributed by atoms with E-state index in [1.54, 1.807) is 4.68 Å². The fourth-order valence-corrected chi connectivity index (χ4v) is 3.23. The van der Waals surface area contributed by atoms with Crippen LogP contribution < -0.4 is 24.8 Å². The minimum Gasteiger partial charge on any atom is -0.494 e. The van der Waals surface area contributed by atoms with Crippen LogP contribution in [0.1, 0.15) is 18.4 Å². The van der Waals surface area contributed by atoms with Gasteiger partial charge in [-0.3, -0.25) is 4.68 Å². The zero-order valence-electron chi connectivity index (χ0n) is 18.7. The van der Waals surface area contributed by atoms with Crippen LogP contribution in [-0.4, -0.2) is 42.1 Å². The molecular weight excluding hydrogens is 533 g/mol. The second kappa shape index (κ2) is 12.9. The molecule has 4 rings (SSSR count). The molecule has 1 aliphatic rings. The topological polar surface area (TPSA) is 81.9 Å². The minimum absolute atomic E-state index is 0. The Morgan fingerprint density at radius 1 is 1.12 bits per heavy atom. The van der Waals surface area contributed by atoms with Gasteiger partial charge in [-0.15, -0.1) is 24.0 Å². The summed E-state index contributed by atoms with van der Waals surface area (Å²) in [5, 5.41) is 11.0. The third-order valence-corrected chi connectivity index (χ3v) is 4.81. The molecule has 0 aliphatic carbocycles. The minimum atomic E-state index is 0. The van der Waals surface area contributed by atoms with E-state index in [1.807, 2.05) is 68.0 Å². The fourth-order valence-electron chi connectivity index (χ4n) is 3.23. The van der Waals surface area contributed by atoms with E-state index in [0.29, 0.717) is 32.3 Å². The summed E-state index contributed by atoms with van der Waals surface area (Å²) in [6, 6.07) is 15.7. The molecule has 0 radical (unpaired) electrons. The average Bonchev–Trinajstić information content (AvgIpc) is 3.09. The molecule has 1 aromatic heterocycles. The van der Waals surface area contributed by atoms with Gasteiger partial charge in [0, 0.05) is 43.5 Å². The summed E-state index contributed by atoms with van der Waals surface area (Å²) < 4.78 is 19.1. The van der Waals surface area contributed by atoms with Crippen LogP contribution in [0.25, 0.3) is 0 Å². The molecule has 0 atom stereocenters. The number of ether oxygens (including phenoxy) is 3. The number of aromatic nitrogens is 2. The van der Waals surface area contributed by atoms with Crippen LogP contribution in [0, 0.1) is 0 Å². The molecule has 0 saturated heterocycles. The first kappa shape index (κ1) is 24.7. The summed E-state index contributed by atoms with van der Waals surface area (Å²) in [5.41, 5.74) is 1.92. The van der Waals surface area contributed by atoms with Gasteiger partial charge in [0.2, 0.25) is 0 Å². The highest BCUT2D eigenvalue weighted by molar-refractivity contribution is 14.0. The first-order valence-corrected chi connectivity index (χ1v) is 10.9. The van der Waals surface area contributed by atoms with Gasteiger partial charge >= 0.3 is 0 Å². The average molecular weight is 563 g/mol. The van der Waals surface area contributed by atoms with Crippen molar-refractivity contribution >= 4 is 35.6 Å². The van der Waals surface area contributed by atoms with Gasteiger partial charge in [-0.2, -0.15) is 5.10 Å². The Labute approximate surface area is 211 Å². The molecular formula is C24H30IN5O3. The Kier molecular flexibility index (Phi) is 9.67.